The summed E-state index contributed by atoms with van der Waals surface area (Å²) in [7, 11) is 0. The fourth-order valence-corrected chi connectivity index (χ4v) is 2.56. The van der Waals surface area contributed by atoms with Gasteiger partial charge in [-0.1, -0.05) is 24.3 Å². The molecule has 0 fully saturated rings. The second-order valence-electron chi connectivity index (χ2n) is 5.70. The summed E-state index contributed by atoms with van der Waals surface area (Å²) < 4.78 is 11.3. The third kappa shape index (κ3) is 3.83. The van der Waals surface area contributed by atoms with Gasteiger partial charge in [0.2, 0.25) is 0 Å². The summed E-state index contributed by atoms with van der Waals surface area (Å²) in [5.74, 6) is 0.920. The van der Waals surface area contributed by atoms with Crippen LogP contribution in [0.1, 0.15) is 28.6 Å². The summed E-state index contributed by atoms with van der Waals surface area (Å²) in [5.41, 5.74) is 2.40. The van der Waals surface area contributed by atoms with Gasteiger partial charge in [0.15, 0.2) is 0 Å². The van der Waals surface area contributed by atoms with Crippen molar-refractivity contribution in [3.63, 3.8) is 0 Å². The Labute approximate surface area is 151 Å². The van der Waals surface area contributed by atoms with E-state index < -0.39 is 5.97 Å². The van der Waals surface area contributed by atoms with E-state index in [1.54, 1.807) is 37.4 Å². The Kier molecular flexibility index (Phi) is 5.17. The van der Waals surface area contributed by atoms with Crippen molar-refractivity contribution < 1.29 is 19.1 Å². The highest BCUT2D eigenvalue weighted by atomic mass is 16.5. The van der Waals surface area contributed by atoms with Crippen molar-refractivity contribution in [2.45, 2.75) is 13.8 Å². The minimum Gasteiger partial charge on any atom is -0.492 e. The molecule has 1 N–H and O–H groups in total. The molecule has 1 aromatic heterocycles. The maximum Gasteiger partial charge on any atom is 0.335 e. The number of aliphatic imine (C=N–C) groups is 1. The molecule has 5 heteroatoms. The first-order chi connectivity index (χ1) is 12.6. The van der Waals surface area contributed by atoms with Crippen molar-refractivity contribution in [1.82, 2.24) is 0 Å². The lowest BCUT2D eigenvalue weighted by Gasteiger charge is -2.05. The van der Waals surface area contributed by atoms with Crippen molar-refractivity contribution in [3.8, 4) is 17.1 Å². The van der Waals surface area contributed by atoms with Crippen LogP contribution in [-0.4, -0.2) is 23.9 Å². The number of carboxylic acids is 1. The van der Waals surface area contributed by atoms with Gasteiger partial charge in [-0.3, -0.25) is 0 Å². The summed E-state index contributed by atoms with van der Waals surface area (Å²) in [5, 5.41) is 9.26. The third-order valence-electron chi connectivity index (χ3n) is 3.88. The van der Waals surface area contributed by atoms with Crippen LogP contribution in [0.3, 0.4) is 0 Å². The Morgan fingerprint density at radius 3 is 2.77 bits per heavy atom. The average molecular weight is 349 g/mol. The Morgan fingerprint density at radius 1 is 1.19 bits per heavy atom. The monoisotopic (exact) mass is 349 g/mol. The normalized spacial score (nSPS) is 11.0. The van der Waals surface area contributed by atoms with Crippen LogP contribution in [0.25, 0.3) is 11.3 Å². The molecule has 0 saturated heterocycles. The summed E-state index contributed by atoms with van der Waals surface area (Å²) in [6, 6.07) is 16.3. The van der Waals surface area contributed by atoms with Crippen LogP contribution in [0.2, 0.25) is 0 Å². The Hall–Kier alpha value is -3.34. The predicted molar refractivity (Wildman–Crippen MR) is 101 cm³/mol. The number of ether oxygens (including phenoxy) is 1. The van der Waals surface area contributed by atoms with Gasteiger partial charge in [0.25, 0.3) is 0 Å². The predicted octanol–water partition coefficient (Wildman–Crippen LogP) is 5.10. The van der Waals surface area contributed by atoms with Gasteiger partial charge in [-0.25, -0.2) is 9.79 Å². The standard InChI is InChI=1S/C21H19NO4/c1-3-25-20-7-5-4-6-18(20)22-13-16-10-11-19(26-16)15-9-8-14(2)17(12-15)21(23)24/h4-13H,3H2,1-2H3,(H,23,24). The van der Waals surface area contributed by atoms with E-state index in [0.717, 1.165) is 5.69 Å². The van der Waals surface area contributed by atoms with Gasteiger partial charge >= 0.3 is 5.97 Å². The number of para-hydroxylation sites is 2. The Bertz CT molecular complexity index is 956. The molecule has 5 nitrogen and oxygen atoms in total. The van der Waals surface area contributed by atoms with Gasteiger partial charge < -0.3 is 14.3 Å². The lowest BCUT2D eigenvalue weighted by Crippen LogP contribution is -1.99. The molecular formula is C21H19NO4. The molecule has 0 unspecified atom stereocenters. The third-order valence-corrected chi connectivity index (χ3v) is 3.88. The Morgan fingerprint density at radius 2 is 2.00 bits per heavy atom. The largest absolute Gasteiger partial charge is 0.492 e. The first kappa shape index (κ1) is 17.5. The highest BCUT2D eigenvalue weighted by Crippen LogP contribution is 2.28. The van der Waals surface area contributed by atoms with Gasteiger partial charge in [0.1, 0.15) is 23.0 Å². The van der Waals surface area contributed by atoms with Crippen LogP contribution < -0.4 is 4.74 Å². The number of nitrogens with zero attached hydrogens (tertiary/aromatic N) is 1. The number of furan rings is 1. The molecule has 0 spiro atoms. The molecule has 26 heavy (non-hydrogen) atoms. The molecule has 132 valence electrons. The molecule has 0 atom stereocenters. The van der Waals surface area contributed by atoms with Crippen molar-refractivity contribution in [1.29, 1.82) is 0 Å². The first-order valence-corrected chi connectivity index (χ1v) is 8.28. The number of hydrogen-bond acceptors (Lipinski definition) is 4. The lowest BCUT2D eigenvalue weighted by atomic mass is 10.0. The van der Waals surface area contributed by atoms with E-state index in [1.807, 2.05) is 37.3 Å². The molecule has 0 aliphatic heterocycles. The van der Waals surface area contributed by atoms with Crippen LogP contribution in [0, 0.1) is 6.92 Å². The Balaban J connectivity index is 1.85. The summed E-state index contributed by atoms with van der Waals surface area (Å²) in [4.78, 5) is 15.7. The van der Waals surface area contributed by atoms with Crippen molar-refractivity contribution >= 4 is 17.9 Å². The summed E-state index contributed by atoms with van der Waals surface area (Å²) in [6.07, 6.45) is 1.62. The molecular weight excluding hydrogens is 330 g/mol. The average Bonchev–Trinajstić information content (AvgIpc) is 3.10. The van der Waals surface area contributed by atoms with Crippen molar-refractivity contribution in [2.75, 3.05) is 6.61 Å². The van der Waals surface area contributed by atoms with E-state index in [4.69, 9.17) is 9.15 Å². The summed E-state index contributed by atoms with van der Waals surface area (Å²) >= 11 is 0. The highest BCUT2D eigenvalue weighted by Gasteiger charge is 2.11. The topological polar surface area (TPSA) is 72.0 Å². The molecule has 0 bridgehead atoms. The van der Waals surface area contributed by atoms with Crippen LogP contribution >= 0.6 is 0 Å². The molecule has 3 aromatic rings. The van der Waals surface area contributed by atoms with E-state index in [2.05, 4.69) is 4.99 Å². The quantitative estimate of drug-likeness (QED) is 0.628. The molecule has 2 aromatic carbocycles. The molecule has 0 radical (unpaired) electrons. The SMILES string of the molecule is CCOc1ccccc1N=Cc1ccc(-c2ccc(C)c(C(=O)O)c2)o1. The van der Waals surface area contributed by atoms with Crippen LogP contribution in [0.4, 0.5) is 5.69 Å². The number of rotatable bonds is 6. The fourth-order valence-electron chi connectivity index (χ4n) is 2.56. The van der Waals surface area contributed by atoms with Crippen molar-refractivity contribution in [2.24, 2.45) is 4.99 Å². The van der Waals surface area contributed by atoms with E-state index in [1.165, 1.54) is 0 Å². The van der Waals surface area contributed by atoms with Gasteiger partial charge in [0.05, 0.1) is 18.4 Å². The maximum absolute atomic E-state index is 11.3. The second-order valence-corrected chi connectivity index (χ2v) is 5.70. The molecule has 0 amide bonds. The number of hydrogen-bond donors (Lipinski definition) is 1. The van der Waals surface area contributed by atoms with Gasteiger partial charge in [-0.05, 0) is 49.7 Å². The zero-order valence-corrected chi connectivity index (χ0v) is 14.6. The summed E-state index contributed by atoms with van der Waals surface area (Å²) in [6.45, 7) is 4.26. The van der Waals surface area contributed by atoms with Gasteiger partial charge in [0, 0.05) is 5.56 Å². The number of benzene rings is 2. The maximum atomic E-state index is 11.3. The molecule has 1 heterocycles. The number of aromatic carboxylic acids is 1. The van der Waals surface area contributed by atoms with Crippen molar-refractivity contribution in [3.05, 3.63) is 71.5 Å². The van der Waals surface area contributed by atoms with Crippen LogP contribution in [0.15, 0.2) is 64.0 Å². The van der Waals surface area contributed by atoms with E-state index in [0.29, 0.717) is 35.0 Å². The second kappa shape index (κ2) is 7.70. The number of carbonyl (C=O) groups is 1. The molecule has 0 aliphatic carbocycles. The fraction of sp³-hybridized carbons (Fsp3) is 0.143. The highest BCUT2D eigenvalue weighted by molar-refractivity contribution is 5.91. The minimum atomic E-state index is -0.953. The van der Waals surface area contributed by atoms with E-state index in [9.17, 15) is 9.90 Å². The first-order valence-electron chi connectivity index (χ1n) is 8.28. The number of carboxylic acid groups (broad SMARTS) is 1. The van der Waals surface area contributed by atoms with Crippen LogP contribution in [-0.2, 0) is 0 Å². The molecule has 0 aliphatic rings. The van der Waals surface area contributed by atoms with Gasteiger partial charge in [-0.2, -0.15) is 0 Å². The molecule has 3 rings (SSSR count). The van der Waals surface area contributed by atoms with E-state index >= 15 is 0 Å². The van der Waals surface area contributed by atoms with Gasteiger partial charge in [-0.15, -0.1) is 0 Å². The molecule has 0 saturated carbocycles. The number of aryl methyl sites for hydroxylation is 1. The van der Waals surface area contributed by atoms with E-state index in [-0.39, 0.29) is 5.56 Å². The smallest absolute Gasteiger partial charge is 0.335 e. The van der Waals surface area contributed by atoms with Crippen LogP contribution in [0.5, 0.6) is 5.75 Å². The zero-order chi connectivity index (χ0) is 18.5. The zero-order valence-electron chi connectivity index (χ0n) is 14.6. The minimum absolute atomic E-state index is 0.264. The lowest BCUT2D eigenvalue weighted by molar-refractivity contribution is 0.0696.